The molecule has 0 spiro atoms. The van der Waals surface area contributed by atoms with Crippen LogP contribution in [0.3, 0.4) is 0 Å². The van der Waals surface area contributed by atoms with Gasteiger partial charge in [-0.3, -0.25) is 9.59 Å². The van der Waals surface area contributed by atoms with Gasteiger partial charge in [-0.2, -0.15) is 0 Å². The SMILES string of the molecule is Cc1cc(C)c(CCC(=O)c2ccc(CO)c(Oc3ccccc3)c2)c(=O)[nH]1. The van der Waals surface area contributed by atoms with E-state index in [9.17, 15) is 14.7 Å². The first-order chi connectivity index (χ1) is 13.5. The molecule has 2 N–H and O–H groups in total. The Bertz CT molecular complexity index is 1040. The molecular formula is C23H23NO4. The van der Waals surface area contributed by atoms with Crippen molar-refractivity contribution < 1.29 is 14.6 Å². The van der Waals surface area contributed by atoms with Crippen molar-refractivity contribution in [1.29, 1.82) is 0 Å². The number of carbonyl (C=O) groups is 1. The maximum Gasteiger partial charge on any atom is 0.251 e. The van der Waals surface area contributed by atoms with Gasteiger partial charge >= 0.3 is 0 Å². The van der Waals surface area contributed by atoms with Crippen molar-refractivity contribution in [2.45, 2.75) is 33.3 Å². The Morgan fingerprint density at radius 2 is 1.82 bits per heavy atom. The highest BCUT2D eigenvalue weighted by molar-refractivity contribution is 5.96. The number of hydrogen-bond acceptors (Lipinski definition) is 4. The molecule has 0 atom stereocenters. The van der Waals surface area contributed by atoms with Crippen molar-refractivity contribution in [3.63, 3.8) is 0 Å². The number of aliphatic hydroxyl groups excluding tert-OH is 1. The first kappa shape index (κ1) is 19.6. The normalized spacial score (nSPS) is 10.7. The van der Waals surface area contributed by atoms with Crippen LogP contribution in [-0.4, -0.2) is 15.9 Å². The molecule has 0 aliphatic heterocycles. The molecule has 1 heterocycles. The van der Waals surface area contributed by atoms with E-state index in [2.05, 4.69) is 4.98 Å². The third-order valence-electron chi connectivity index (χ3n) is 4.63. The third kappa shape index (κ3) is 4.56. The van der Waals surface area contributed by atoms with Crippen molar-refractivity contribution in [1.82, 2.24) is 4.98 Å². The van der Waals surface area contributed by atoms with Crippen LogP contribution < -0.4 is 10.3 Å². The second-order valence-corrected chi connectivity index (χ2v) is 6.76. The number of aryl methyl sites for hydroxylation is 2. The number of nitrogens with one attached hydrogen (secondary N) is 1. The molecule has 5 heteroatoms. The van der Waals surface area contributed by atoms with E-state index in [0.717, 1.165) is 11.3 Å². The first-order valence-electron chi connectivity index (χ1n) is 9.17. The number of aromatic nitrogens is 1. The lowest BCUT2D eigenvalue weighted by atomic mass is 9.99. The molecule has 3 rings (SSSR count). The summed E-state index contributed by atoms with van der Waals surface area (Å²) in [6, 6.07) is 16.1. The number of ketones is 1. The van der Waals surface area contributed by atoms with Crippen LogP contribution in [0.2, 0.25) is 0 Å². The Hall–Kier alpha value is -3.18. The molecule has 0 amide bonds. The summed E-state index contributed by atoms with van der Waals surface area (Å²) in [5.74, 6) is 0.995. The maximum atomic E-state index is 12.7. The van der Waals surface area contributed by atoms with Gasteiger partial charge in [0.15, 0.2) is 5.78 Å². The Morgan fingerprint density at radius 3 is 2.50 bits per heavy atom. The van der Waals surface area contributed by atoms with Crippen LogP contribution in [0, 0.1) is 13.8 Å². The molecular weight excluding hydrogens is 354 g/mol. The minimum atomic E-state index is -0.186. The maximum absolute atomic E-state index is 12.7. The van der Waals surface area contributed by atoms with Gasteiger partial charge < -0.3 is 14.8 Å². The van der Waals surface area contributed by atoms with E-state index in [1.54, 1.807) is 18.2 Å². The van der Waals surface area contributed by atoms with Gasteiger partial charge in [0.2, 0.25) is 0 Å². The van der Waals surface area contributed by atoms with E-state index in [4.69, 9.17) is 4.74 Å². The van der Waals surface area contributed by atoms with Crippen LogP contribution >= 0.6 is 0 Å². The number of rotatable bonds is 7. The van der Waals surface area contributed by atoms with Crippen LogP contribution in [0.4, 0.5) is 0 Å². The molecule has 2 aromatic carbocycles. The Kier molecular flexibility index (Phi) is 6.06. The average molecular weight is 377 g/mol. The van der Waals surface area contributed by atoms with E-state index in [1.807, 2.05) is 50.2 Å². The zero-order valence-corrected chi connectivity index (χ0v) is 16.0. The van der Waals surface area contributed by atoms with Crippen LogP contribution in [0.5, 0.6) is 11.5 Å². The summed E-state index contributed by atoms with van der Waals surface area (Å²) in [6.07, 6.45) is 0.590. The van der Waals surface area contributed by atoms with E-state index >= 15 is 0 Å². The number of benzene rings is 2. The monoisotopic (exact) mass is 377 g/mol. The largest absolute Gasteiger partial charge is 0.457 e. The Labute approximate surface area is 163 Å². The summed E-state index contributed by atoms with van der Waals surface area (Å²) in [4.78, 5) is 27.6. The van der Waals surface area contributed by atoms with Gasteiger partial charge in [-0.05, 0) is 50.1 Å². The fourth-order valence-electron chi connectivity index (χ4n) is 3.14. The van der Waals surface area contributed by atoms with E-state index in [1.165, 1.54) is 0 Å². The highest BCUT2D eigenvalue weighted by Gasteiger charge is 2.13. The van der Waals surface area contributed by atoms with E-state index < -0.39 is 0 Å². The minimum absolute atomic E-state index is 0.0817. The summed E-state index contributed by atoms with van der Waals surface area (Å²) >= 11 is 0. The van der Waals surface area contributed by atoms with Gasteiger partial charge in [-0.15, -0.1) is 0 Å². The van der Waals surface area contributed by atoms with Gasteiger partial charge in [-0.1, -0.05) is 30.3 Å². The summed E-state index contributed by atoms with van der Waals surface area (Å²) in [5, 5.41) is 9.56. The summed E-state index contributed by atoms with van der Waals surface area (Å²) in [5.41, 5.74) is 3.27. The summed E-state index contributed by atoms with van der Waals surface area (Å²) in [6.45, 7) is 3.53. The molecule has 0 unspecified atom stereocenters. The molecule has 0 aliphatic rings. The number of pyridine rings is 1. The number of carbonyl (C=O) groups excluding carboxylic acids is 1. The highest BCUT2D eigenvalue weighted by Crippen LogP contribution is 2.27. The molecule has 3 aromatic rings. The molecule has 0 aliphatic carbocycles. The Balaban J connectivity index is 1.79. The number of hydrogen-bond donors (Lipinski definition) is 2. The summed E-state index contributed by atoms with van der Waals surface area (Å²) < 4.78 is 5.84. The smallest absolute Gasteiger partial charge is 0.251 e. The average Bonchev–Trinajstić information content (AvgIpc) is 2.67. The predicted molar refractivity (Wildman–Crippen MR) is 108 cm³/mol. The second kappa shape index (κ2) is 8.67. The molecule has 144 valence electrons. The molecule has 5 nitrogen and oxygen atoms in total. The molecule has 0 saturated heterocycles. The van der Waals surface area contributed by atoms with Gasteiger partial charge in [0.1, 0.15) is 11.5 Å². The van der Waals surface area contributed by atoms with E-state index in [-0.39, 0.29) is 24.4 Å². The molecule has 0 bridgehead atoms. The Morgan fingerprint density at radius 1 is 1.07 bits per heavy atom. The highest BCUT2D eigenvalue weighted by atomic mass is 16.5. The summed E-state index contributed by atoms with van der Waals surface area (Å²) in [7, 11) is 0. The van der Waals surface area contributed by atoms with Gasteiger partial charge in [-0.25, -0.2) is 0 Å². The molecule has 0 fully saturated rings. The number of ether oxygens (including phenoxy) is 1. The lowest BCUT2D eigenvalue weighted by Gasteiger charge is -2.12. The number of para-hydroxylation sites is 1. The standard InChI is InChI=1S/C23H23NO4/c1-15-12-16(2)24-23(27)20(15)10-11-21(26)17-8-9-18(14-25)22(13-17)28-19-6-4-3-5-7-19/h3-9,12-13,25H,10-11,14H2,1-2H3,(H,24,27). The van der Waals surface area contributed by atoms with Crippen molar-refractivity contribution in [2.75, 3.05) is 0 Å². The quantitative estimate of drug-likeness (QED) is 0.608. The topological polar surface area (TPSA) is 79.4 Å². The fourth-order valence-corrected chi connectivity index (χ4v) is 3.14. The molecule has 0 radical (unpaired) electrons. The first-order valence-corrected chi connectivity index (χ1v) is 9.17. The van der Waals surface area contributed by atoms with Crippen LogP contribution in [0.15, 0.2) is 59.4 Å². The van der Waals surface area contributed by atoms with Crippen molar-refractivity contribution in [3.8, 4) is 11.5 Å². The number of aromatic amines is 1. The zero-order chi connectivity index (χ0) is 20.1. The predicted octanol–water partition coefficient (Wildman–Crippen LogP) is 4.09. The zero-order valence-electron chi connectivity index (χ0n) is 16.0. The number of H-pyrrole nitrogens is 1. The van der Waals surface area contributed by atoms with Crippen molar-refractivity contribution >= 4 is 5.78 Å². The molecule has 28 heavy (non-hydrogen) atoms. The van der Waals surface area contributed by atoms with Gasteiger partial charge in [0.25, 0.3) is 5.56 Å². The lowest BCUT2D eigenvalue weighted by Crippen LogP contribution is -2.17. The van der Waals surface area contributed by atoms with E-state index in [0.29, 0.717) is 34.6 Å². The molecule has 1 aromatic heterocycles. The number of Topliss-reactive ketones (excluding diaryl/α,β-unsaturated/α-hetero) is 1. The van der Waals surface area contributed by atoms with Crippen LogP contribution in [0.25, 0.3) is 0 Å². The minimum Gasteiger partial charge on any atom is -0.457 e. The van der Waals surface area contributed by atoms with Crippen LogP contribution in [0.1, 0.15) is 39.2 Å². The van der Waals surface area contributed by atoms with Crippen LogP contribution in [-0.2, 0) is 13.0 Å². The second-order valence-electron chi connectivity index (χ2n) is 6.76. The number of aliphatic hydroxyl groups is 1. The fraction of sp³-hybridized carbons (Fsp3) is 0.217. The van der Waals surface area contributed by atoms with Crippen molar-refractivity contribution in [2.24, 2.45) is 0 Å². The molecule has 0 saturated carbocycles. The van der Waals surface area contributed by atoms with Gasteiger partial charge in [0, 0.05) is 28.8 Å². The third-order valence-corrected chi connectivity index (χ3v) is 4.63. The lowest BCUT2D eigenvalue weighted by molar-refractivity contribution is 0.0982. The van der Waals surface area contributed by atoms with Gasteiger partial charge in [0.05, 0.1) is 6.61 Å². The van der Waals surface area contributed by atoms with Crippen molar-refractivity contribution in [3.05, 3.63) is 92.9 Å².